The van der Waals surface area contributed by atoms with E-state index < -0.39 is 33.4 Å². The average Bonchev–Trinajstić information content (AvgIpc) is 3.48. The quantitative estimate of drug-likeness (QED) is 0.513. The number of aliphatic hydroxyl groups is 1. The first-order valence-corrected chi connectivity index (χ1v) is 15.0. The Kier molecular flexibility index (Phi) is 6.77. The standard InChI is InChI=1S/C29H36N6O4S/c1-4-14-32-15-8-12-28(3)22(25(32)37)23-26(38)35(19(5-2)17-36)24-27(39)33(16-9-13-29(23,24)40-28)18-34-21-11-7-6-10-20(21)30-31-34/h6-13,19,22-24,36H,4-5,14-18H2,1-3H3/t19-,22-,23-,24?,28+,29-/m0/s1. The maximum Gasteiger partial charge on any atom is 0.248 e. The molecular weight excluding hydrogens is 528 g/mol. The molecule has 0 bridgehead atoms. The highest BCUT2D eigenvalue weighted by Gasteiger charge is 2.74. The second kappa shape index (κ2) is 10.0. The largest absolute Gasteiger partial charge is 0.394 e. The van der Waals surface area contributed by atoms with Gasteiger partial charge >= 0.3 is 0 Å². The highest BCUT2D eigenvalue weighted by atomic mass is 32.2. The number of carbonyl (C=O) groups excluding carboxylic acids is 3. The van der Waals surface area contributed by atoms with Crippen LogP contribution in [-0.2, 0) is 21.1 Å². The molecule has 3 amide bonds. The lowest BCUT2D eigenvalue weighted by Crippen LogP contribution is -2.56. The van der Waals surface area contributed by atoms with E-state index in [2.05, 4.69) is 16.4 Å². The van der Waals surface area contributed by atoms with Crippen LogP contribution in [0.5, 0.6) is 0 Å². The van der Waals surface area contributed by atoms with E-state index in [0.29, 0.717) is 26.1 Å². The van der Waals surface area contributed by atoms with Crippen molar-refractivity contribution in [2.24, 2.45) is 11.8 Å². The molecule has 4 aliphatic heterocycles. The molecule has 2 aromatic rings. The number of rotatable bonds is 7. The molecule has 1 aromatic heterocycles. The molecule has 0 aliphatic carbocycles. The number of hydrogen-bond donors (Lipinski definition) is 1. The van der Waals surface area contributed by atoms with Gasteiger partial charge in [0.2, 0.25) is 17.7 Å². The number of amides is 3. The summed E-state index contributed by atoms with van der Waals surface area (Å²) in [7, 11) is 0. The van der Waals surface area contributed by atoms with Gasteiger partial charge in [0.1, 0.15) is 18.2 Å². The van der Waals surface area contributed by atoms with Crippen LogP contribution in [0.15, 0.2) is 48.6 Å². The van der Waals surface area contributed by atoms with E-state index in [4.69, 9.17) is 0 Å². The zero-order valence-electron chi connectivity index (χ0n) is 23.1. The van der Waals surface area contributed by atoms with Crippen LogP contribution in [-0.4, -0.2) is 100 Å². The third-order valence-electron chi connectivity index (χ3n) is 8.96. The summed E-state index contributed by atoms with van der Waals surface area (Å²) >= 11 is 1.56. The van der Waals surface area contributed by atoms with Crippen LogP contribution in [0, 0.1) is 11.8 Å². The molecule has 6 atom stereocenters. The summed E-state index contributed by atoms with van der Waals surface area (Å²) in [5.74, 6) is -1.79. The zero-order valence-corrected chi connectivity index (χ0v) is 24.0. The van der Waals surface area contributed by atoms with Crippen molar-refractivity contribution in [3.05, 3.63) is 48.6 Å². The van der Waals surface area contributed by atoms with Gasteiger partial charge in [-0.3, -0.25) is 14.4 Å². The molecule has 1 spiro atoms. The van der Waals surface area contributed by atoms with E-state index in [1.54, 1.807) is 26.2 Å². The molecule has 0 saturated carbocycles. The van der Waals surface area contributed by atoms with E-state index in [1.165, 1.54) is 0 Å². The van der Waals surface area contributed by atoms with Gasteiger partial charge in [0.05, 0.1) is 34.7 Å². The van der Waals surface area contributed by atoms with Gasteiger partial charge in [-0.15, -0.1) is 16.9 Å². The number of nitrogens with zero attached hydrogens (tertiary/aromatic N) is 6. The van der Waals surface area contributed by atoms with Crippen LogP contribution in [0.2, 0.25) is 0 Å². The second-order valence-electron chi connectivity index (χ2n) is 11.4. The first-order valence-electron chi connectivity index (χ1n) is 14.1. The van der Waals surface area contributed by atoms with Gasteiger partial charge in [-0.25, -0.2) is 4.68 Å². The zero-order chi connectivity index (χ0) is 28.2. The predicted molar refractivity (Wildman–Crippen MR) is 152 cm³/mol. The number of likely N-dealkylation sites (tertiary alicyclic amines) is 1. The molecule has 2 saturated heterocycles. The molecule has 5 heterocycles. The minimum atomic E-state index is -0.940. The van der Waals surface area contributed by atoms with Crippen molar-refractivity contribution in [1.29, 1.82) is 0 Å². The van der Waals surface area contributed by atoms with Gasteiger partial charge in [0.25, 0.3) is 0 Å². The van der Waals surface area contributed by atoms with Crippen molar-refractivity contribution in [3.63, 3.8) is 0 Å². The van der Waals surface area contributed by atoms with Gasteiger partial charge in [-0.1, -0.05) is 55.5 Å². The van der Waals surface area contributed by atoms with Crippen molar-refractivity contribution in [1.82, 2.24) is 29.7 Å². The molecule has 212 valence electrons. The summed E-state index contributed by atoms with van der Waals surface area (Å²) in [5, 5.41) is 18.9. The number of hydrogen-bond acceptors (Lipinski definition) is 7. The molecule has 10 nitrogen and oxygen atoms in total. The fourth-order valence-corrected chi connectivity index (χ4v) is 9.29. The average molecular weight is 565 g/mol. The van der Waals surface area contributed by atoms with E-state index >= 15 is 0 Å². The molecule has 4 aliphatic rings. The number of aliphatic hydroxyl groups excluding tert-OH is 1. The van der Waals surface area contributed by atoms with E-state index in [1.807, 2.05) is 68.2 Å². The Bertz CT molecular complexity index is 1400. The Morgan fingerprint density at radius 3 is 2.52 bits per heavy atom. The number of fused-ring (bicyclic) bond motifs is 3. The van der Waals surface area contributed by atoms with Gasteiger partial charge < -0.3 is 19.8 Å². The Balaban J connectivity index is 1.44. The lowest BCUT2D eigenvalue weighted by Gasteiger charge is -2.39. The van der Waals surface area contributed by atoms with Crippen LogP contribution >= 0.6 is 11.8 Å². The minimum absolute atomic E-state index is 0.0363. The smallest absolute Gasteiger partial charge is 0.248 e. The third-order valence-corrected chi connectivity index (χ3v) is 10.8. The van der Waals surface area contributed by atoms with Gasteiger partial charge in [0, 0.05) is 24.4 Å². The highest BCUT2D eigenvalue weighted by Crippen LogP contribution is 2.65. The minimum Gasteiger partial charge on any atom is -0.394 e. The Morgan fingerprint density at radius 1 is 1.02 bits per heavy atom. The maximum absolute atomic E-state index is 14.6. The molecule has 6 rings (SSSR count). The highest BCUT2D eigenvalue weighted by molar-refractivity contribution is 8.02. The fraction of sp³-hybridized carbons (Fsp3) is 0.552. The summed E-state index contributed by atoms with van der Waals surface area (Å²) in [6, 6.07) is 6.20. The lowest BCUT2D eigenvalue weighted by atomic mass is 9.74. The number of aromatic nitrogens is 3. The van der Waals surface area contributed by atoms with Crippen LogP contribution in [0.1, 0.15) is 33.6 Å². The topological polar surface area (TPSA) is 112 Å². The monoisotopic (exact) mass is 564 g/mol. The van der Waals surface area contributed by atoms with Crippen LogP contribution in [0.3, 0.4) is 0 Å². The summed E-state index contributed by atoms with van der Waals surface area (Å²) in [5.41, 5.74) is 1.55. The number of thioether (sulfide) groups is 1. The molecule has 1 unspecified atom stereocenters. The molecule has 1 N–H and O–H groups in total. The second-order valence-corrected chi connectivity index (χ2v) is 13.1. The van der Waals surface area contributed by atoms with Crippen molar-refractivity contribution < 1.29 is 19.5 Å². The van der Waals surface area contributed by atoms with Crippen LogP contribution < -0.4 is 0 Å². The van der Waals surface area contributed by atoms with Gasteiger partial charge in [-0.2, -0.15) is 0 Å². The number of carbonyl (C=O) groups is 3. The summed E-state index contributed by atoms with van der Waals surface area (Å²) in [4.78, 5) is 48.2. The fourth-order valence-electron chi connectivity index (χ4n) is 7.15. The van der Waals surface area contributed by atoms with Crippen molar-refractivity contribution in [3.8, 4) is 0 Å². The maximum atomic E-state index is 14.6. The SMILES string of the molecule is CCCN1CC=C[C@@]2(C)S[C@]34C=CCN(Cn5nnc6ccccc65)C(=O)C3N([C@@H](CC)CO)C(=O)[C@@H]4[C@H]2C1=O. The summed E-state index contributed by atoms with van der Waals surface area (Å²) in [6.07, 6.45) is 9.39. The molecule has 40 heavy (non-hydrogen) atoms. The Labute approximate surface area is 238 Å². The molecule has 11 heteroatoms. The molecule has 0 radical (unpaired) electrons. The summed E-state index contributed by atoms with van der Waals surface area (Å²) in [6.45, 7) is 7.36. The van der Waals surface area contributed by atoms with Crippen molar-refractivity contribution >= 4 is 40.5 Å². The number of para-hydroxylation sites is 1. The van der Waals surface area contributed by atoms with Crippen LogP contribution in [0.4, 0.5) is 0 Å². The number of benzene rings is 1. The molecule has 2 fully saturated rings. The third kappa shape index (κ3) is 3.84. The van der Waals surface area contributed by atoms with E-state index in [9.17, 15) is 19.5 Å². The first kappa shape index (κ1) is 27.0. The molecular formula is C29H36N6O4S. The molecule has 1 aromatic carbocycles. The normalized spacial score (nSPS) is 32.4. The van der Waals surface area contributed by atoms with Gasteiger partial charge in [0.15, 0.2) is 0 Å². The summed E-state index contributed by atoms with van der Waals surface area (Å²) < 4.78 is 0.112. The lowest BCUT2D eigenvalue weighted by molar-refractivity contribution is -0.147. The van der Waals surface area contributed by atoms with Crippen molar-refractivity contribution in [2.45, 2.75) is 61.9 Å². The predicted octanol–water partition coefficient (Wildman–Crippen LogP) is 2.05. The van der Waals surface area contributed by atoms with Crippen molar-refractivity contribution in [2.75, 3.05) is 26.2 Å². The Morgan fingerprint density at radius 2 is 1.77 bits per heavy atom. The Hall–Kier alpha value is -3.18. The van der Waals surface area contributed by atoms with Gasteiger partial charge in [-0.05, 0) is 31.9 Å². The van der Waals surface area contributed by atoms with E-state index in [0.717, 1.165) is 17.5 Å². The van der Waals surface area contributed by atoms with Crippen LogP contribution in [0.25, 0.3) is 11.0 Å². The van der Waals surface area contributed by atoms with E-state index in [-0.39, 0.29) is 31.0 Å². The first-order chi connectivity index (χ1) is 19.3.